The van der Waals surface area contributed by atoms with E-state index in [0.29, 0.717) is 0 Å². The summed E-state index contributed by atoms with van der Waals surface area (Å²) in [4.78, 5) is 20.0. The van der Waals surface area contributed by atoms with E-state index in [2.05, 4.69) is 4.74 Å². The molecule has 0 unspecified atom stereocenters. The quantitative estimate of drug-likeness (QED) is 0.236. The first-order valence-corrected chi connectivity index (χ1v) is 2.08. The molecule has 0 aliphatic heterocycles. The van der Waals surface area contributed by atoms with Crippen LogP contribution in [0.4, 0.5) is 0 Å². The topological polar surface area (TPSA) is 101 Å². The molecule has 0 spiro atoms. The molecular formula is C4H10NNaO4. The summed E-state index contributed by atoms with van der Waals surface area (Å²) in [5.74, 6) is -1.32. The number of hydrogen-bond acceptors (Lipinski definition) is 4. The van der Waals surface area contributed by atoms with E-state index >= 15 is 0 Å². The summed E-state index contributed by atoms with van der Waals surface area (Å²) < 4.78 is 4.00. The normalized spacial score (nSPS) is 6.60. The van der Waals surface area contributed by atoms with E-state index in [0.717, 1.165) is 6.92 Å². The summed E-state index contributed by atoms with van der Waals surface area (Å²) in [6, 6.07) is 0. The molecule has 0 heterocycles. The van der Waals surface area contributed by atoms with Gasteiger partial charge in [-0.2, -0.15) is 0 Å². The third-order valence-corrected chi connectivity index (χ3v) is 0.424. The molecule has 6 heteroatoms. The Morgan fingerprint density at radius 2 is 2.00 bits per heavy atom. The van der Waals surface area contributed by atoms with Crippen LogP contribution in [0, 0.1) is 0 Å². The Balaban J connectivity index is -0.0000000817. The first kappa shape index (κ1) is 16.6. The molecule has 0 aromatic rings. The van der Waals surface area contributed by atoms with Gasteiger partial charge in [-0.05, 0) is 0 Å². The van der Waals surface area contributed by atoms with Crippen molar-refractivity contribution in [2.24, 2.45) is 5.73 Å². The Morgan fingerprint density at radius 3 is 2.10 bits per heavy atom. The van der Waals surface area contributed by atoms with E-state index < -0.39 is 11.9 Å². The Bertz CT molecular complexity index is 121. The minimum atomic E-state index is -0.697. The summed E-state index contributed by atoms with van der Waals surface area (Å²) in [5.41, 5.74) is 4.79. The second-order valence-electron chi connectivity index (χ2n) is 1.17. The number of hydrogen-bond donors (Lipinski definition) is 1. The summed E-state index contributed by atoms with van der Waals surface area (Å²) >= 11 is 0. The Morgan fingerprint density at radius 1 is 1.60 bits per heavy atom. The predicted octanol–water partition coefficient (Wildman–Crippen LogP) is -4.67. The zero-order chi connectivity index (χ0) is 6.57. The van der Waals surface area contributed by atoms with Gasteiger partial charge in [-0.25, -0.2) is 0 Å². The van der Waals surface area contributed by atoms with E-state index in [1.165, 1.54) is 0 Å². The molecule has 0 aromatic heterocycles. The smallest absolute Gasteiger partial charge is 1.00 e. The van der Waals surface area contributed by atoms with E-state index in [1.54, 1.807) is 0 Å². The van der Waals surface area contributed by atoms with E-state index in [-0.39, 0.29) is 43.0 Å². The first-order valence-electron chi connectivity index (χ1n) is 2.08. The maximum atomic E-state index is 10.1. The second-order valence-corrected chi connectivity index (χ2v) is 1.17. The molecular weight excluding hydrogens is 149 g/mol. The van der Waals surface area contributed by atoms with Gasteiger partial charge in [0.25, 0.3) is 0 Å². The van der Waals surface area contributed by atoms with Gasteiger partial charge in [0.05, 0.1) is 6.54 Å². The number of carbonyl (C=O) groups excluding carboxylic acids is 2. The summed E-state index contributed by atoms with van der Waals surface area (Å²) in [5, 5.41) is 0. The van der Waals surface area contributed by atoms with Crippen molar-refractivity contribution < 1.29 is 50.8 Å². The first-order chi connectivity index (χ1) is 3.66. The zero-order valence-corrected chi connectivity index (χ0v) is 8.01. The van der Waals surface area contributed by atoms with E-state index in [9.17, 15) is 9.59 Å². The molecule has 0 fully saturated rings. The molecule has 4 N–H and O–H groups in total. The number of carbonyl (C=O) groups is 2. The van der Waals surface area contributed by atoms with Gasteiger partial charge in [-0.3, -0.25) is 9.59 Å². The fourth-order valence-corrected chi connectivity index (χ4v) is 0.202. The minimum absolute atomic E-state index is 0. The van der Waals surface area contributed by atoms with Crippen molar-refractivity contribution in [1.29, 1.82) is 0 Å². The molecule has 0 rings (SSSR count). The number of ether oxygens (including phenoxy) is 1. The van der Waals surface area contributed by atoms with E-state index in [1.807, 2.05) is 0 Å². The van der Waals surface area contributed by atoms with Crippen LogP contribution in [-0.2, 0) is 14.3 Å². The summed E-state index contributed by atoms with van der Waals surface area (Å²) in [7, 11) is 0. The van der Waals surface area contributed by atoms with Gasteiger partial charge >= 0.3 is 41.5 Å². The van der Waals surface area contributed by atoms with Crippen molar-refractivity contribution in [3.63, 3.8) is 0 Å². The molecule has 0 atom stereocenters. The van der Waals surface area contributed by atoms with Crippen LogP contribution in [0.5, 0.6) is 0 Å². The standard InChI is InChI=1S/C4H7NO3.Na.H2O.H/c1-3(6)8-4(7)2-5;;;/h2,5H2,1H3;;1H2;/q;+1;;-1. The Hall–Kier alpha value is 0.0600. The maximum absolute atomic E-state index is 10.1. The summed E-state index contributed by atoms with van der Waals surface area (Å²) in [6.07, 6.45) is 0. The van der Waals surface area contributed by atoms with Crippen LogP contribution in [0.2, 0.25) is 0 Å². The predicted molar refractivity (Wildman–Crippen MR) is 30.6 cm³/mol. The second kappa shape index (κ2) is 9.06. The zero-order valence-electron chi connectivity index (χ0n) is 7.01. The van der Waals surface area contributed by atoms with Crippen molar-refractivity contribution in [3.8, 4) is 0 Å². The average molecular weight is 159 g/mol. The largest absolute Gasteiger partial charge is 1.00 e. The molecule has 0 aliphatic rings. The van der Waals surface area contributed by atoms with Gasteiger partial charge < -0.3 is 17.4 Å². The molecule has 0 amide bonds. The number of nitrogens with two attached hydrogens (primary N) is 1. The fraction of sp³-hybridized carbons (Fsp3) is 0.500. The van der Waals surface area contributed by atoms with Crippen molar-refractivity contribution >= 4 is 11.9 Å². The van der Waals surface area contributed by atoms with Crippen LogP contribution in [0.1, 0.15) is 8.35 Å². The van der Waals surface area contributed by atoms with Gasteiger partial charge in [0.1, 0.15) is 0 Å². The van der Waals surface area contributed by atoms with Crippen molar-refractivity contribution in [2.75, 3.05) is 6.54 Å². The Labute approximate surface area is 82.0 Å². The van der Waals surface area contributed by atoms with Crippen molar-refractivity contribution in [1.82, 2.24) is 0 Å². The van der Waals surface area contributed by atoms with Gasteiger partial charge in [0.2, 0.25) is 0 Å². The fourth-order valence-electron chi connectivity index (χ4n) is 0.202. The third-order valence-electron chi connectivity index (χ3n) is 0.424. The molecule has 56 valence electrons. The molecule has 0 bridgehead atoms. The third kappa shape index (κ3) is 10.9. The van der Waals surface area contributed by atoms with Gasteiger partial charge in [0.15, 0.2) is 0 Å². The van der Waals surface area contributed by atoms with Crippen LogP contribution < -0.4 is 35.3 Å². The number of rotatable bonds is 1. The van der Waals surface area contributed by atoms with Crippen LogP contribution in [0.3, 0.4) is 0 Å². The van der Waals surface area contributed by atoms with Crippen LogP contribution >= 0.6 is 0 Å². The SMILES string of the molecule is CC(=O)OC(=O)CN.O.[H-].[Na+]. The van der Waals surface area contributed by atoms with E-state index in [4.69, 9.17) is 5.73 Å². The molecule has 5 nitrogen and oxygen atoms in total. The van der Waals surface area contributed by atoms with Gasteiger partial charge in [-0.1, -0.05) is 0 Å². The minimum Gasteiger partial charge on any atom is -1.00 e. The molecule has 0 aromatic carbocycles. The maximum Gasteiger partial charge on any atom is 1.00 e. The Kier molecular flexibility index (Phi) is 15.0. The molecule has 0 saturated heterocycles. The van der Waals surface area contributed by atoms with Crippen LogP contribution in [-0.4, -0.2) is 24.0 Å². The van der Waals surface area contributed by atoms with Crippen molar-refractivity contribution in [3.05, 3.63) is 0 Å². The molecule has 0 saturated carbocycles. The molecule has 0 aliphatic carbocycles. The molecule has 10 heavy (non-hydrogen) atoms. The van der Waals surface area contributed by atoms with Crippen LogP contribution in [0.25, 0.3) is 0 Å². The number of esters is 2. The summed E-state index contributed by atoms with van der Waals surface area (Å²) in [6.45, 7) is 0.896. The van der Waals surface area contributed by atoms with Gasteiger partial charge in [-0.15, -0.1) is 0 Å². The van der Waals surface area contributed by atoms with Crippen LogP contribution in [0.15, 0.2) is 0 Å². The van der Waals surface area contributed by atoms with Gasteiger partial charge in [0, 0.05) is 6.92 Å². The molecule has 0 radical (unpaired) electrons. The monoisotopic (exact) mass is 159 g/mol. The van der Waals surface area contributed by atoms with Crippen molar-refractivity contribution in [2.45, 2.75) is 6.92 Å². The average Bonchev–Trinajstić information content (AvgIpc) is 1.65.